The van der Waals surface area contributed by atoms with Crippen LogP contribution in [0.5, 0.6) is 0 Å². The van der Waals surface area contributed by atoms with Crippen LogP contribution in [0, 0.1) is 17.8 Å². The van der Waals surface area contributed by atoms with E-state index in [0.29, 0.717) is 17.7 Å². The van der Waals surface area contributed by atoms with Gasteiger partial charge in [-0.05, 0) is 67.0 Å². The van der Waals surface area contributed by atoms with Crippen LogP contribution in [0.25, 0.3) is 11.4 Å². The van der Waals surface area contributed by atoms with E-state index in [1.165, 1.54) is 19.3 Å². The summed E-state index contributed by atoms with van der Waals surface area (Å²) < 4.78 is 0. The van der Waals surface area contributed by atoms with E-state index in [-0.39, 0.29) is 30.3 Å². The number of rotatable bonds is 3. The van der Waals surface area contributed by atoms with Crippen molar-refractivity contribution in [2.24, 2.45) is 23.5 Å². The Kier molecular flexibility index (Phi) is 5.34. The summed E-state index contributed by atoms with van der Waals surface area (Å²) in [6, 6.07) is 7.80. The van der Waals surface area contributed by atoms with Gasteiger partial charge in [-0.25, -0.2) is 0 Å². The number of tetrazole rings is 1. The molecule has 4 rings (SSSR count). The molecular weight excluding hydrogens is 340 g/mol. The Labute approximate surface area is 152 Å². The molecule has 134 valence electrons. The summed E-state index contributed by atoms with van der Waals surface area (Å²) >= 11 is 0. The number of benzene rings is 1. The first-order valence-corrected chi connectivity index (χ1v) is 8.61. The van der Waals surface area contributed by atoms with E-state index in [2.05, 4.69) is 25.9 Å². The number of hydrogen-bond donors (Lipinski definition) is 3. The number of halogens is 1. The molecule has 1 heterocycles. The lowest BCUT2D eigenvalue weighted by molar-refractivity contribution is -0.122. The van der Waals surface area contributed by atoms with E-state index in [4.69, 9.17) is 5.73 Å². The van der Waals surface area contributed by atoms with Crippen molar-refractivity contribution in [2.75, 3.05) is 5.32 Å². The quantitative estimate of drug-likeness (QED) is 0.776. The molecule has 1 aromatic heterocycles. The first-order valence-electron chi connectivity index (χ1n) is 8.61. The van der Waals surface area contributed by atoms with Crippen LogP contribution >= 0.6 is 12.4 Å². The van der Waals surface area contributed by atoms with Crippen molar-refractivity contribution in [1.82, 2.24) is 20.6 Å². The van der Waals surface area contributed by atoms with Gasteiger partial charge in [-0.1, -0.05) is 6.42 Å². The van der Waals surface area contributed by atoms with E-state index < -0.39 is 0 Å². The van der Waals surface area contributed by atoms with Crippen molar-refractivity contribution < 1.29 is 4.79 Å². The first kappa shape index (κ1) is 17.8. The van der Waals surface area contributed by atoms with Crippen LogP contribution in [0.4, 0.5) is 5.69 Å². The van der Waals surface area contributed by atoms with E-state index in [0.717, 1.165) is 24.1 Å². The van der Waals surface area contributed by atoms with Crippen molar-refractivity contribution in [3.8, 4) is 11.4 Å². The molecule has 1 aromatic carbocycles. The van der Waals surface area contributed by atoms with Gasteiger partial charge in [0.25, 0.3) is 0 Å². The van der Waals surface area contributed by atoms with Crippen LogP contribution < -0.4 is 11.1 Å². The smallest absolute Gasteiger partial charge is 0.227 e. The molecule has 0 aliphatic heterocycles. The fourth-order valence-corrected chi connectivity index (χ4v) is 4.23. The number of fused-ring (bicyclic) bond motifs is 2. The molecule has 0 saturated heterocycles. The summed E-state index contributed by atoms with van der Waals surface area (Å²) in [4.78, 5) is 12.6. The number of carbonyl (C=O) groups excluding carboxylic acids is 1. The van der Waals surface area contributed by atoms with Crippen LogP contribution in [0.15, 0.2) is 24.3 Å². The third-order valence-corrected chi connectivity index (χ3v) is 5.54. The van der Waals surface area contributed by atoms with Gasteiger partial charge in [-0.3, -0.25) is 4.79 Å². The average Bonchev–Trinajstić information content (AvgIpc) is 3.09. The van der Waals surface area contributed by atoms with Gasteiger partial charge < -0.3 is 11.1 Å². The minimum atomic E-state index is 0. The lowest BCUT2D eigenvalue weighted by atomic mass is 9.65. The van der Waals surface area contributed by atoms with Gasteiger partial charge in [0, 0.05) is 23.2 Å². The standard InChI is InChI=1S/C17H22N6O.ClH/c18-15-11-2-1-3-12(15)9-13(8-11)17(24)19-14-6-4-10(5-7-14)16-20-22-23-21-16;/h4-7,11-13,15H,1-3,8-9,18H2,(H,19,24)(H,20,21,22,23);1H. The molecule has 8 heteroatoms. The number of carbonyl (C=O) groups is 1. The number of hydrogen-bond acceptors (Lipinski definition) is 5. The van der Waals surface area contributed by atoms with Crippen LogP contribution in [0.2, 0.25) is 0 Å². The normalized spacial score (nSPS) is 28.0. The molecule has 2 aliphatic carbocycles. The minimum absolute atomic E-state index is 0. The third kappa shape index (κ3) is 3.67. The number of H-pyrrole nitrogens is 1. The second kappa shape index (κ2) is 7.49. The molecule has 2 bridgehead atoms. The summed E-state index contributed by atoms with van der Waals surface area (Å²) in [5, 5.41) is 16.9. The molecule has 0 radical (unpaired) electrons. The number of anilines is 1. The molecule has 4 N–H and O–H groups in total. The Bertz CT molecular complexity index is 690. The fraction of sp³-hybridized carbons (Fsp3) is 0.529. The topological polar surface area (TPSA) is 110 Å². The van der Waals surface area contributed by atoms with Gasteiger partial charge in [-0.2, -0.15) is 5.21 Å². The molecule has 2 saturated carbocycles. The predicted octanol–water partition coefficient (Wildman–Crippen LogP) is 2.38. The van der Waals surface area contributed by atoms with E-state index in [9.17, 15) is 4.79 Å². The summed E-state index contributed by atoms with van der Waals surface area (Å²) in [6.45, 7) is 0. The second-order valence-corrected chi connectivity index (χ2v) is 7.00. The van der Waals surface area contributed by atoms with E-state index in [1.54, 1.807) is 0 Å². The Balaban J connectivity index is 0.00000182. The predicted molar refractivity (Wildman–Crippen MR) is 97.0 cm³/mol. The zero-order chi connectivity index (χ0) is 16.5. The lowest BCUT2D eigenvalue weighted by Gasteiger charge is -2.43. The number of nitrogens with two attached hydrogens (primary N) is 1. The Morgan fingerprint density at radius 2 is 1.84 bits per heavy atom. The maximum absolute atomic E-state index is 12.6. The monoisotopic (exact) mass is 362 g/mol. The number of nitrogens with zero attached hydrogens (tertiary/aromatic N) is 3. The molecular formula is C17H23ClN6O. The zero-order valence-electron chi connectivity index (χ0n) is 13.9. The highest BCUT2D eigenvalue weighted by molar-refractivity contribution is 5.92. The number of amides is 1. The lowest BCUT2D eigenvalue weighted by Crippen LogP contribution is -2.48. The molecule has 2 aromatic rings. The number of aromatic amines is 1. The van der Waals surface area contributed by atoms with Gasteiger partial charge in [0.05, 0.1) is 0 Å². The number of nitrogens with one attached hydrogen (secondary N) is 2. The van der Waals surface area contributed by atoms with Gasteiger partial charge in [0.2, 0.25) is 11.7 Å². The van der Waals surface area contributed by atoms with Crippen molar-refractivity contribution >= 4 is 24.0 Å². The summed E-state index contributed by atoms with van der Waals surface area (Å²) in [5.41, 5.74) is 7.97. The molecule has 1 amide bonds. The van der Waals surface area contributed by atoms with Crippen LogP contribution in [0.3, 0.4) is 0 Å². The maximum atomic E-state index is 12.6. The third-order valence-electron chi connectivity index (χ3n) is 5.54. The first-order chi connectivity index (χ1) is 11.7. The Morgan fingerprint density at radius 1 is 1.16 bits per heavy atom. The summed E-state index contributed by atoms with van der Waals surface area (Å²) in [6.07, 6.45) is 5.44. The largest absolute Gasteiger partial charge is 0.327 e. The highest BCUT2D eigenvalue weighted by Gasteiger charge is 2.40. The van der Waals surface area contributed by atoms with E-state index >= 15 is 0 Å². The van der Waals surface area contributed by atoms with Crippen molar-refractivity contribution in [3.63, 3.8) is 0 Å². The summed E-state index contributed by atoms with van der Waals surface area (Å²) in [7, 11) is 0. The zero-order valence-corrected chi connectivity index (χ0v) is 14.7. The van der Waals surface area contributed by atoms with Crippen molar-refractivity contribution in [3.05, 3.63) is 24.3 Å². The van der Waals surface area contributed by atoms with Crippen LogP contribution in [-0.4, -0.2) is 32.6 Å². The molecule has 0 spiro atoms. The summed E-state index contributed by atoms with van der Waals surface area (Å²) in [5.74, 6) is 1.76. The molecule has 7 nitrogen and oxygen atoms in total. The van der Waals surface area contributed by atoms with Crippen molar-refractivity contribution in [1.29, 1.82) is 0 Å². The second-order valence-electron chi connectivity index (χ2n) is 7.00. The highest BCUT2D eigenvalue weighted by atomic mass is 35.5. The Hall–Kier alpha value is -1.99. The fourth-order valence-electron chi connectivity index (χ4n) is 4.23. The minimum Gasteiger partial charge on any atom is -0.327 e. The average molecular weight is 363 g/mol. The van der Waals surface area contributed by atoms with Crippen LogP contribution in [-0.2, 0) is 4.79 Å². The molecule has 2 unspecified atom stereocenters. The van der Waals surface area contributed by atoms with Gasteiger partial charge >= 0.3 is 0 Å². The highest BCUT2D eigenvalue weighted by Crippen LogP contribution is 2.42. The van der Waals surface area contributed by atoms with Gasteiger partial charge in [-0.15, -0.1) is 22.6 Å². The number of aromatic nitrogens is 4. The SMILES string of the molecule is Cl.NC1C2CCCC1CC(C(=O)Nc1ccc(-c3nn[nH]n3)cc1)C2. The van der Waals surface area contributed by atoms with Gasteiger partial charge in [0.1, 0.15) is 0 Å². The Morgan fingerprint density at radius 3 is 2.44 bits per heavy atom. The molecule has 2 atom stereocenters. The maximum Gasteiger partial charge on any atom is 0.227 e. The van der Waals surface area contributed by atoms with E-state index in [1.807, 2.05) is 24.3 Å². The van der Waals surface area contributed by atoms with Gasteiger partial charge in [0.15, 0.2) is 0 Å². The molecule has 2 aliphatic rings. The molecule has 25 heavy (non-hydrogen) atoms. The molecule has 2 fully saturated rings. The van der Waals surface area contributed by atoms with Crippen molar-refractivity contribution in [2.45, 2.75) is 38.1 Å². The van der Waals surface area contributed by atoms with Crippen LogP contribution in [0.1, 0.15) is 32.1 Å².